The first-order valence-corrected chi connectivity index (χ1v) is 10.9. The second-order valence-corrected chi connectivity index (χ2v) is 9.18. The van der Waals surface area contributed by atoms with Crippen molar-refractivity contribution in [1.82, 2.24) is 15.1 Å². The Morgan fingerprint density at radius 1 is 1.10 bits per heavy atom. The molecule has 1 aromatic rings. The Morgan fingerprint density at radius 2 is 1.79 bits per heavy atom. The summed E-state index contributed by atoms with van der Waals surface area (Å²) in [5.41, 5.74) is 0.721. The monoisotopic (exact) mass is 401 g/mol. The molecule has 2 atom stereocenters. The van der Waals surface area contributed by atoms with Crippen molar-refractivity contribution in [3.05, 3.63) is 35.9 Å². The second-order valence-electron chi connectivity index (χ2n) is 9.18. The number of carbonyl (C=O) groups is 2. The van der Waals surface area contributed by atoms with Crippen molar-refractivity contribution in [3.8, 4) is 0 Å². The summed E-state index contributed by atoms with van der Waals surface area (Å²) in [5, 5.41) is 3.18. The van der Waals surface area contributed by atoms with E-state index in [1.165, 1.54) is 18.4 Å². The van der Waals surface area contributed by atoms with E-state index >= 15 is 0 Å². The van der Waals surface area contributed by atoms with Crippen molar-refractivity contribution in [1.29, 1.82) is 0 Å². The number of rotatable bonds is 5. The van der Waals surface area contributed by atoms with Gasteiger partial charge in [0, 0.05) is 19.6 Å². The van der Waals surface area contributed by atoms with Gasteiger partial charge in [0.25, 0.3) is 0 Å². The van der Waals surface area contributed by atoms with Crippen molar-refractivity contribution >= 4 is 12.0 Å². The molecule has 2 aliphatic rings. The molecule has 0 saturated carbocycles. The van der Waals surface area contributed by atoms with E-state index in [-0.39, 0.29) is 24.0 Å². The lowest BCUT2D eigenvalue weighted by atomic mass is 9.97. The molecule has 0 aliphatic carbocycles. The van der Waals surface area contributed by atoms with Crippen LogP contribution < -0.4 is 5.32 Å². The van der Waals surface area contributed by atoms with Crippen molar-refractivity contribution in [3.63, 3.8) is 0 Å². The number of likely N-dealkylation sites (tertiary alicyclic amines) is 2. The number of amides is 2. The van der Waals surface area contributed by atoms with Gasteiger partial charge in [-0.05, 0) is 65.1 Å². The van der Waals surface area contributed by atoms with E-state index in [2.05, 4.69) is 34.5 Å². The molecule has 2 amide bonds. The number of hydrogen-bond donors (Lipinski definition) is 1. The zero-order chi connectivity index (χ0) is 20.9. The maximum absolute atomic E-state index is 12.9. The third kappa shape index (κ3) is 6.20. The summed E-state index contributed by atoms with van der Waals surface area (Å²) in [6.45, 7) is 9.42. The summed E-state index contributed by atoms with van der Waals surface area (Å²) in [6.07, 6.45) is 3.74. The Hall–Kier alpha value is -2.08. The molecule has 29 heavy (non-hydrogen) atoms. The van der Waals surface area contributed by atoms with Crippen LogP contribution in [0.15, 0.2) is 30.3 Å². The summed E-state index contributed by atoms with van der Waals surface area (Å²) in [7, 11) is 0. The summed E-state index contributed by atoms with van der Waals surface area (Å²) in [6, 6.07) is 10.6. The molecule has 6 heteroatoms. The van der Waals surface area contributed by atoms with E-state index in [1.807, 2.05) is 26.8 Å². The average Bonchev–Trinajstić information content (AvgIpc) is 3.22. The summed E-state index contributed by atoms with van der Waals surface area (Å²) < 4.78 is 5.48. The van der Waals surface area contributed by atoms with Crippen LogP contribution in [0, 0.1) is 5.92 Å². The molecule has 0 spiro atoms. The highest BCUT2D eigenvalue weighted by Crippen LogP contribution is 2.25. The maximum atomic E-state index is 12.9. The highest BCUT2D eigenvalue weighted by molar-refractivity contribution is 5.80. The van der Waals surface area contributed by atoms with Crippen molar-refractivity contribution < 1.29 is 14.3 Å². The molecule has 0 bridgehead atoms. The topological polar surface area (TPSA) is 61.9 Å². The van der Waals surface area contributed by atoms with Gasteiger partial charge in [-0.25, -0.2) is 4.79 Å². The molecule has 2 heterocycles. The maximum Gasteiger partial charge on any atom is 0.410 e. The fourth-order valence-corrected chi connectivity index (χ4v) is 4.21. The minimum atomic E-state index is -0.523. The molecule has 2 fully saturated rings. The fraction of sp³-hybridized carbons (Fsp3) is 0.652. The number of piperidine rings is 1. The van der Waals surface area contributed by atoms with E-state index in [9.17, 15) is 9.59 Å². The number of benzene rings is 1. The van der Waals surface area contributed by atoms with Crippen LogP contribution in [0.4, 0.5) is 4.79 Å². The van der Waals surface area contributed by atoms with Crippen LogP contribution in [0.3, 0.4) is 0 Å². The predicted molar refractivity (Wildman–Crippen MR) is 114 cm³/mol. The first-order chi connectivity index (χ1) is 13.8. The molecular formula is C23H35N3O3. The smallest absolute Gasteiger partial charge is 0.410 e. The molecule has 160 valence electrons. The third-order valence-corrected chi connectivity index (χ3v) is 5.68. The number of ether oxygens (including phenoxy) is 1. The largest absolute Gasteiger partial charge is 0.444 e. The molecule has 0 aromatic heterocycles. The molecule has 1 aromatic carbocycles. The van der Waals surface area contributed by atoms with Crippen molar-refractivity contribution in [2.24, 2.45) is 5.92 Å². The first kappa shape index (κ1) is 21.6. The van der Waals surface area contributed by atoms with E-state index in [4.69, 9.17) is 4.74 Å². The Kier molecular flexibility index (Phi) is 7.17. The van der Waals surface area contributed by atoms with E-state index < -0.39 is 5.60 Å². The molecular weight excluding hydrogens is 366 g/mol. The highest BCUT2D eigenvalue weighted by Gasteiger charge is 2.32. The number of nitrogens with zero attached hydrogens (tertiary/aromatic N) is 2. The van der Waals surface area contributed by atoms with Crippen LogP contribution >= 0.6 is 0 Å². The van der Waals surface area contributed by atoms with Gasteiger partial charge in [0.15, 0.2) is 0 Å². The van der Waals surface area contributed by atoms with Crippen molar-refractivity contribution in [2.75, 3.05) is 32.7 Å². The van der Waals surface area contributed by atoms with Gasteiger partial charge in [-0.2, -0.15) is 0 Å². The van der Waals surface area contributed by atoms with Crippen molar-refractivity contribution in [2.45, 2.75) is 58.1 Å². The SMILES string of the molecule is CC(C)(C)OC(=O)N1CCCC(C(=O)NCC(c2ccccc2)N2CCCC2)C1. The lowest BCUT2D eigenvalue weighted by Gasteiger charge is -2.34. The van der Waals surface area contributed by atoms with Crippen LogP contribution in [0.1, 0.15) is 58.1 Å². The van der Waals surface area contributed by atoms with Crippen LogP contribution in [0.25, 0.3) is 0 Å². The lowest BCUT2D eigenvalue weighted by Crippen LogP contribution is -2.48. The Labute approximate surface area is 174 Å². The number of nitrogens with one attached hydrogen (secondary N) is 1. The molecule has 0 radical (unpaired) electrons. The third-order valence-electron chi connectivity index (χ3n) is 5.68. The second kappa shape index (κ2) is 9.61. The van der Waals surface area contributed by atoms with Gasteiger partial charge in [0.1, 0.15) is 5.60 Å². The van der Waals surface area contributed by atoms with Crippen LogP contribution in [-0.4, -0.2) is 60.1 Å². The number of hydrogen-bond acceptors (Lipinski definition) is 4. The Balaban J connectivity index is 1.57. The van der Waals surface area contributed by atoms with E-state index in [1.54, 1.807) is 4.90 Å². The quantitative estimate of drug-likeness (QED) is 0.819. The zero-order valence-corrected chi connectivity index (χ0v) is 18.0. The van der Waals surface area contributed by atoms with Gasteiger partial charge in [0.2, 0.25) is 5.91 Å². The number of carbonyl (C=O) groups excluding carboxylic acids is 2. The fourth-order valence-electron chi connectivity index (χ4n) is 4.21. The molecule has 1 N–H and O–H groups in total. The highest BCUT2D eigenvalue weighted by atomic mass is 16.6. The Morgan fingerprint density at radius 3 is 2.45 bits per heavy atom. The van der Waals surface area contributed by atoms with Gasteiger partial charge in [-0.1, -0.05) is 30.3 Å². The zero-order valence-electron chi connectivity index (χ0n) is 18.0. The molecule has 2 unspecified atom stereocenters. The predicted octanol–water partition coefficient (Wildman–Crippen LogP) is 3.59. The minimum Gasteiger partial charge on any atom is -0.444 e. The lowest BCUT2D eigenvalue weighted by molar-refractivity contribution is -0.126. The minimum absolute atomic E-state index is 0.0402. The molecule has 2 aliphatic heterocycles. The average molecular weight is 402 g/mol. The van der Waals surface area contributed by atoms with Crippen LogP contribution in [0.2, 0.25) is 0 Å². The van der Waals surface area contributed by atoms with E-state index in [0.29, 0.717) is 19.6 Å². The molecule has 6 nitrogen and oxygen atoms in total. The van der Waals surface area contributed by atoms with E-state index in [0.717, 1.165) is 25.9 Å². The Bertz CT molecular complexity index is 680. The summed E-state index contributed by atoms with van der Waals surface area (Å²) in [5.74, 6) is -0.135. The standard InChI is InChI=1S/C23H35N3O3/c1-23(2,3)29-22(28)26-15-9-12-19(17-26)21(27)24-16-20(25-13-7-8-14-25)18-10-5-4-6-11-18/h4-6,10-11,19-20H,7-9,12-17H2,1-3H3,(H,24,27). The first-order valence-electron chi connectivity index (χ1n) is 10.9. The van der Waals surface area contributed by atoms with Gasteiger partial charge in [-0.3, -0.25) is 9.69 Å². The van der Waals surface area contributed by atoms with Gasteiger partial charge in [-0.15, -0.1) is 0 Å². The summed E-state index contributed by atoms with van der Waals surface area (Å²) in [4.78, 5) is 29.4. The molecule has 2 saturated heterocycles. The van der Waals surface area contributed by atoms with Crippen LogP contribution in [-0.2, 0) is 9.53 Å². The van der Waals surface area contributed by atoms with Gasteiger partial charge in [0.05, 0.1) is 12.0 Å². The normalized spacial score (nSPS) is 21.6. The van der Waals surface area contributed by atoms with Crippen LogP contribution in [0.5, 0.6) is 0 Å². The summed E-state index contributed by atoms with van der Waals surface area (Å²) >= 11 is 0. The van der Waals surface area contributed by atoms with Gasteiger partial charge < -0.3 is 15.0 Å². The molecule has 3 rings (SSSR count). The van der Waals surface area contributed by atoms with Gasteiger partial charge >= 0.3 is 6.09 Å².